The van der Waals surface area contributed by atoms with Gasteiger partial charge in [0, 0.05) is 16.7 Å². The van der Waals surface area contributed by atoms with E-state index < -0.39 is 4.92 Å². The first-order chi connectivity index (χ1) is 12.9. The Hall–Kier alpha value is -2.91. The number of hydrogen-bond acceptors (Lipinski definition) is 6. The molecule has 0 fully saturated rings. The van der Waals surface area contributed by atoms with Crippen molar-refractivity contribution in [2.45, 2.75) is 12.1 Å². The number of hydrogen-bond donors (Lipinski definition) is 2. The molecule has 0 radical (unpaired) electrons. The Bertz CT molecular complexity index is 990. The summed E-state index contributed by atoms with van der Waals surface area (Å²) in [5.41, 5.74) is 1.58. The number of nitro groups is 1. The van der Waals surface area contributed by atoms with Crippen molar-refractivity contribution in [3.8, 4) is 11.4 Å². The zero-order valence-electron chi connectivity index (χ0n) is 14.1. The molecular weight excluding hydrogens is 390 g/mol. The predicted octanol–water partition coefficient (Wildman–Crippen LogP) is 4.07. The van der Waals surface area contributed by atoms with Crippen molar-refractivity contribution >= 4 is 40.6 Å². The first-order valence-electron chi connectivity index (χ1n) is 7.78. The van der Waals surface area contributed by atoms with Crippen LogP contribution in [0, 0.1) is 17.0 Å². The van der Waals surface area contributed by atoms with Gasteiger partial charge in [-0.25, -0.2) is 4.98 Å². The molecule has 0 saturated heterocycles. The number of carbonyl (C=O) groups excluding carboxylic acids is 1. The van der Waals surface area contributed by atoms with Gasteiger partial charge in [-0.1, -0.05) is 29.4 Å². The molecule has 3 aromatic rings. The highest BCUT2D eigenvalue weighted by molar-refractivity contribution is 7.99. The van der Waals surface area contributed by atoms with Crippen molar-refractivity contribution < 1.29 is 9.72 Å². The van der Waals surface area contributed by atoms with Crippen molar-refractivity contribution in [1.29, 1.82) is 0 Å². The van der Waals surface area contributed by atoms with Crippen LogP contribution in [0.3, 0.4) is 0 Å². The number of aryl methyl sites for hydroxylation is 1. The van der Waals surface area contributed by atoms with Crippen molar-refractivity contribution in [3.63, 3.8) is 0 Å². The zero-order chi connectivity index (χ0) is 19.4. The average molecular weight is 404 g/mol. The molecule has 1 amide bonds. The van der Waals surface area contributed by atoms with E-state index in [4.69, 9.17) is 11.6 Å². The Morgan fingerprint density at radius 1 is 1.30 bits per heavy atom. The molecule has 2 N–H and O–H groups in total. The second kappa shape index (κ2) is 8.19. The number of H-pyrrole nitrogens is 1. The summed E-state index contributed by atoms with van der Waals surface area (Å²) in [7, 11) is 0. The van der Waals surface area contributed by atoms with Crippen LogP contribution in [-0.4, -0.2) is 31.8 Å². The van der Waals surface area contributed by atoms with Gasteiger partial charge in [0.1, 0.15) is 5.69 Å². The van der Waals surface area contributed by atoms with Crippen LogP contribution in [0.4, 0.5) is 11.4 Å². The van der Waals surface area contributed by atoms with E-state index in [0.717, 1.165) is 22.9 Å². The third-order valence-electron chi connectivity index (χ3n) is 3.54. The summed E-state index contributed by atoms with van der Waals surface area (Å²) in [6, 6.07) is 11.7. The highest BCUT2D eigenvalue weighted by Gasteiger charge is 2.16. The lowest BCUT2D eigenvalue weighted by atomic mass is 10.2. The Kier molecular flexibility index (Phi) is 5.72. The average Bonchev–Trinajstić information content (AvgIpc) is 3.11. The van der Waals surface area contributed by atoms with Crippen LogP contribution in [0.5, 0.6) is 0 Å². The van der Waals surface area contributed by atoms with Gasteiger partial charge >= 0.3 is 0 Å². The number of nitrogens with zero attached hydrogens (tertiary/aromatic N) is 3. The summed E-state index contributed by atoms with van der Waals surface area (Å²) < 4.78 is 0. The molecule has 1 aromatic heterocycles. The molecule has 0 atom stereocenters. The maximum atomic E-state index is 12.1. The van der Waals surface area contributed by atoms with Crippen LogP contribution >= 0.6 is 23.4 Å². The molecule has 0 aliphatic rings. The zero-order valence-corrected chi connectivity index (χ0v) is 15.7. The van der Waals surface area contributed by atoms with Gasteiger partial charge in [-0.05, 0) is 42.8 Å². The summed E-state index contributed by atoms with van der Waals surface area (Å²) in [6.07, 6.45) is 0. The Labute approximate surface area is 163 Å². The summed E-state index contributed by atoms with van der Waals surface area (Å²) in [4.78, 5) is 27.0. The fourth-order valence-electron chi connectivity index (χ4n) is 2.26. The molecule has 0 spiro atoms. The van der Waals surface area contributed by atoms with Gasteiger partial charge in [-0.3, -0.25) is 20.0 Å². The van der Waals surface area contributed by atoms with Crippen LogP contribution < -0.4 is 5.32 Å². The van der Waals surface area contributed by atoms with Crippen molar-refractivity contribution in [2.75, 3.05) is 11.1 Å². The SMILES string of the molecule is Cc1ccc(NC(=O)CSc2n[nH]c(-c3ccc(Cl)cc3)n2)c([N+](=O)[O-])c1. The predicted molar refractivity (Wildman–Crippen MR) is 104 cm³/mol. The van der Waals surface area contributed by atoms with E-state index in [9.17, 15) is 14.9 Å². The topological polar surface area (TPSA) is 114 Å². The lowest BCUT2D eigenvalue weighted by molar-refractivity contribution is -0.384. The number of halogens is 1. The minimum Gasteiger partial charge on any atom is -0.320 e. The fourth-order valence-corrected chi connectivity index (χ4v) is 2.99. The highest BCUT2D eigenvalue weighted by atomic mass is 35.5. The lowest BCUT2D eigenvalue weighted by Gasteiger charge is -2.05. The number of aromatic nitrogens is 3. The number of rotatable bonds is 6. The second-order valence-electron chi connectivity index (χ2n) is 5.59. The van der Waals surface area contributed by atoms with E-state index in [2.05, 4.69) is 20.5 Å². The minimum absolute atomic E-state index is 0.0168. The maximum absolute atomic E-state index is 12.1. The molecule has 27 heavy (non-hydrogen) atoms. The van der Waals surface area contributed by atoms with Gasteiger partial charge < -0.3 is 5.32 Å². The number of nitrogens with one attached hydrogen (secondary N) is 2. The molecule has 0 aliphatic heterocycles. The molecule has 8 nitrogen and oxygen atoms in total. The first-order valence-corrected chi connectivity index (χ1v) is 9.15. The molecule has 1 heterocycles. The van der Waals surface area contributed by atoms with Gasteiger partial charge in [0.2, 0.25) is 11.1 Å². The molecule has 3 rings (SSSR count). The monoisotopic (exact) mass is 403 g/mol. The Morgan fingerprint density at radius 3 is 2.74 bits per heavy atom. The van der Waals surface area contributed by atoms with Crippen LogP contribution in [0.2, 0.25) is 5.02 Å². The van der Waals surface area contributed by atoms with Crippen LogP contribution in [0.1, 0.15) is 5.56 Å². The molecule has 2 aromatic carbocycles. The van der Waals surface area contributed by atoms with E-state index in [0.29, 0.717) is 16.0 Å². The molecule has 10 heteroatoms. The van der Waals surface area contributed by atoms with Crippen molar-refractivity contribution in [1.82, 2.24) is 15.2 Å². The van der Waals surface area contributed by atoms with Crippen LogP contribution in [0.25, 0.3) is 11.4 Å². The largest absolute Gasteiger partial charge is 0.320 e. The standard InChI is InChI=1S/C17H14ClN5O3S/c1-10-2-7-13(14(8-10)23(25)26)19-15(24)9-27-17-20-16(21-22-17)11-3-5-12(18)6-4-11/h2-8H,9H2,1H3,(H,19,24)(H,20,21,22). The molecular formula is C17H14ClN5O3S. The van der Waals surface area contributed by atoms with Gasteiger partial charge in [-0.15, -0.1) is 5.10 Å². The summed E-state index contributed by atoms with van der Waals surface area (Å²) in [5.74, 6) is 0.191. The maximum Gasteiger partial charge on any atom is 0.293 e. The normalized spacial score (nSPS) is 10.6. The van der Waals surface area contributed by atoms with E-state index in [1.165, 1.54) is 12.1 Å². The summed E-state index contributed by atoms with van der Waals surface area (Å²) in [5, 5.41) is 21.5. The Balaban J connectivity index is 1.62. The quantitative estimate of drug-likeness (QED) is 0.364. The van der Waals surface area contributed by atoms with Gasteiger partial charge in [0.25, 0.3) is 5.69 Å². The first kappa shape index (κ1) is 18.9. The summed E-state index contributed by atoms with van der Waals surface area (Å²) in [6.45, 7) is 1.75. The number of benzene rings is 2. The fraction of sp³-hybridized carbons (Fsp3) is 0.118. The molecule has 138 valence electrons. The third kappa shape index (κ3) is 4.83. The lowest BCUT2D eigenvalue weighted by Crippen LogP contribution is -2.15. The smallest absolute Gasteiger partial charge is 0.293 e. The van der Waals surface area contributed by atoms with Gasteiger partial charge in [0.05, 0.1) is 10.7 Å². The van der Waals surface area contributed by atoms with E-state index in [-0.39, 0.29) is 23.0 Å². The molecule has 0 bridgehead atoms. The second-order valence-corrected chi connectivity index (χ2v) is 6.97. The van der Waals surface area contributed by atoms with Gasteiger partial charge in [-0.2, -0.15) is 0 Å². The minimum atomic E-state index is -0.524. The molecule has 0 aliphatic carbocycles. The van der Waals surface area contributed by atoms with E-state index in [1.807, 2.05) is 0 Å². The number of anilines is 1. The van der Waals surface area contributed by atoms with Gasteiger partial charge in [0.15, 0.2) is 5.82 Å². The number of amides is 1. The van der Waals surface area contributed by atoms with Crippen molar-refractivity contribution in [2.24, 2.45) is 0 Å². The van der Waals surface area contributed by atoms with Crippen molar-refractivity contribution in [3.05, 3.63) is 63.2 Å². The van der Waals surface area contributed by atoms with Crippen LogP contribution in [0.15, 0.2) is 47.6 Å². The van der Waals surface area contributed by atoms with E-state index in [1.54, 1.807) is 37.3 Å². The Morgan fingerprint density at radius 2 is 2.04 bits per heavy atom. The van der Waals surface area contributed by atoms with E-state index >= 15 is 0 Å². The highest BCUT2D eigenvalue weighted by Crippen LogP contribution is 2.26. The number of aromatic amines is 1. The molecule has 0 unspecified atom stereocenters. The van der Waals surface area contributed by atoms with Crippen LogP contribution in [-0.2, 0) is 4.79 Å². The number of nitro benzene ring substituents is 1. The number of carbonyl (C=O) groups is 1. The third-order valence-corrected chi connectivity index (χ3v) is 4.64. The molecule has 0 saturated carbocycles. The summed E-state index contributed by atoms with van der Waals surface area (Å²) >= 11 is 6.98. The number of thioether (sulfide) groups is 1.